The number of nitrogens with zero attached hydrogens (tertiary/aromatic N) is 1. The Hall–Kier alpha value is -2.55. The quantitative estimate of drug-likeness (QED) is 0.627. The minimum Gasteiger partial charge on any atom is -0.497 e. The number of rotatable bonds is 3. The highest BCUT2D eigenvalue weighted by atomic mass is 16.5. The minimum absolute atomic E-state index is 0.00649. The number of ether oxygens (including phenoxy) is 1. The molecule has 3 heteroatoms. The molecule has 2 aromatic carbocycles. The van der Waals surface area contributed by atoms with Crippen LogP contribution in [0.2, 0.25) is 0 Å². The summed E-state index contributed by atoms with van der Waals surface area (Å²) >= 11 is 0. The van der Waals surface area contributed by atoms with Crippen LogP contribution in [-0.4, -0.2) is 30.4 Å². The van der Waals surface area contributed by atoms with Crippen LogP contribution in [0.4, 0.5) is 0 Å². The van der Waals surface area contributed by atoms with Crippen LogP contribution in [0.5, 0.6) is 5.75 Å². The summed E-state index contributed by atoms with van der Waals surface area (Å²) in [4.78, 5) is 14.9. The first-order chi connectivity index (χ1) is 11.4. The van der Waals surface area contributed by atoms with Crippen molar-refractivity contribution in [1.82, 2.24) is 4.90 Å². The Morgan fingerprint density at radius 3 is 2.46 bits per heavy atom. The van der Waals surface area contributed by atoms with Crippen molar-refractivity contribution in [3.63, 3.8) is 0 Å². The molecule has 0 fully saturated rings. The first-order valence-corrected chi connectivity index (χ1v) is 8.14. The highest BCUT2D eigenvalue weighted by molar-refractivity contribution is 6.08. The van der Waals surface area contributed by atoms with E-state index in [9.17, 15) is 4.79 Å². The van der Waals surface area contributed by atoms with Crippen LogP contribution < -0.4 is 4.74 Å². The maximum atomic E-state index is 12.7. The zero-order valence-electron chi connectivity index (χ0n) is 14.7. The molecule has 1 aliphatic rings. The van der Waals surface area contributed by atoms with E-state index in [1.165, 1.54) is 5.56 Å². The lowest BCUT2D eigenvalue weighted by Gasteiger charge is -2.44. The second-order valence-electron chi connectivity index (χ2n) is 6.83. The zero-order chi connectivity index (χ0) is 17.3. The van der Waals surface area contributed by atoms with Crippen molar-refractivity contribution >= 4 is 11.5 Å². The molecule has 0 unspecified atom stereocenters. The summed E-state index contributed by atoms with van der Waals surface area (Å²) in [7, 11) is 3.68. The average Bonchev–Trinajstić information content (AvgIpc) is 2.58. The molecule has 0 spiro atoms. The molecular weight excluding hydrogens is 298 g/mol. The van der Waals surface area contributed by atoms with Gasteiger partial charge in [-0.15, -0.1) is 0 Å². The highest BCUT2D eigenvalue weighted by Crippen LogP contribution is 2.36. The van der Waals surface area contributed by atoms with Crippen molar-refractivity contribution in [2.45, 2.75) is 25.8 Å². The van der Waals surface area contributed by atoms with Gasteiger partial charge in [-0.2, -0.15) is 0 Å². The molecule has 124 valence electrons. The van der Waals surface area contributed by atoms with Crippen LogP contribution in [-0.2, 0) is 6.42 Å². The van der Waals surface area contributed by atoms with Crippen molar-refractivity contribution in [3.05, 3.63) is 71.3 Å². The summed E-state index contributed by atoms with van der Waals surface area (Å²) in [5, 5.41) is 0. The second-order valence-corrected chi connectivity index (χ2v) is 6.83. The lowest BCUT2D eigenvalue weighted by atomic mass is 9.84. The third-order valence-corrected chi connectivity index (χ3v) is 4.83. The Bertz CT molecular complexity index is 788. The molecule has 0 saturated carbocycles. The molecule has 0 aliphatic carbocycles. The fourth-order valence-corrected chi connectivity index (χ4v) is 3.15. The monoisotopic (exact) mass is 321 g/mol. The van der Waals surface area contributed by atoms with Crippen molar-refractivity contribution < 1.29 is 9.53 Å². The fourth-order valence-electron chi connectivity index (χ4n) is 3.15. The molecule has 3 rings (SSSR count). The Morgan fingerprint density at radius 2 is 1.79 bits per heavy atom. The maximum absolute atomic E-state index is 12.7. The van der Waals surface area contributed by atoms with E-state index in [1.807, 2.05) is 18.2 Å². The molecular formula is C21H23NO2. The summed E-state index contributed by atoms with van der Waals surface area (Å²) in [6.07, 6.45) is 2.72. The zero-order valence-corrected chi connectivity index (χ0v) is 14.7. The van der Waals surface area contributed by atoms with Crippen molar-refractivity contribution in [3.8, 4) is 5.75 Å². The number of likely N-dealkylation sites (N-methyl/N-ethyl adjacent to an activating group) is 1. The van der Waals surface area contributed by atoms with Gasteiger partial charge in [0.1, 0.15) is 5.75 Å². The van der Waals surface area contributed by atoms with Crippen molar-refractivity contribution in [1.29, 1.82) is 0 Å². The molecule has 1 aliphatic heterocycles. The molecule has 0 bridgehead atoms. The number of carbonyl (C=O) groups is 1. The van der Waals surface area contributed by atoms with E-state index in [0.29, 0.717) is 5.56 Å². The van der Waals surface area contributed by atoms with Gasteiger partial charge in [-0.1, -0.05) is 24.3 Å². The third kappa shape index (κ3) is 2.94. The van der Waals surface area contributed by atoms with Gasteiger partial charge in [0.25, 0.3) is 0 Å². The lowest BCUT2D eigenvalue weighted by Crippen LogP contribution is -2.45. The standard InChI is InChI=1S/C21H23NO2/c1-21(2)14-16-7-5-6-8-18(16)19(22(21)3)13-20(23)15-9-11-17(24-4)12-10-15/h5-13H,14H2,1-4H3/b19-13+. The predicted molar refractivity (Wildman–Crippen MR) is 97.3 cm³/mol. The molecule has 3 nitrogen and oxygen atoms in total. The number of hydrogen-bond acceptors (Lipinski definition) is 3. The van der Waals surface area contributed by atoms with Gasteiger partial charge in [-0.25, -0.2) is 0 Å². The van der Waals surface area contributed by atoms with E-state index >= 15 is 0 Å². The van der Waals surface area contributed by atoms with E-state index in [0.717, 1.165) is 23.4 Å². The van der Waals surface area contributed by atoms with E-state index in [4.69, 9.17) is 4.74 Å². The van der Waals surface area contributed by atoms with Crippen LogP contribution in [0, 0.1) is 0 Å². The van der Waals surface area contributed by atoms with Gasteiger partial charge in [0.2, 0.25) is 0 Å². The van der Waals surface area contributed by atoms with Crippen LogP contribution in [0.1, 0.15) is 35.3 Å². The van der Waals surface area contributed by atoms with Gasteiger partial charge in [-0.05, 0) is 50.1 Å². The molecule has 0 saturated heterocycles. The SMILES string of the molecule is COc1ccc(C(=O)/C=C2\c3ccccc3CC(C)(C)N2C)cc1. The van der Waals surface area contributed by atoms with Gasteiger partial charge in [-0.3, -0.25) is 4.79 Å². The molecule has 0 amide bonds. The molecule has 1 heterocycles. The van der Waals surface area contributed by atoms with Crippen LogP contribution in [0.3, 0.4) is 0 Å². The molecule has 0 aromatic heterocycles. The largest absolute Gasteiger partial charge is 0.497 e. The smallest absolute Gasteiger partial charge is 0.187 e. The van der Waals surface area contributed by atoms with Crippen LogP contribution in [0.15, 0.2) is 54.6 Å². The Balaban J connectivity index is 2.02. The van der Waals surface area contributed by atoms with Crippen molar-refractivity contribution in [2.75, 3.05) is 14.2 Å². The van der Waals surface area contributed by atoms with Gasteiger partial charge in [0.15, 0.2) is 5.78 Å². The molecule has 0 N–H and O–H groups in total. The van der Waals surface area contributed by atoms with E-state index in [1.54, 1.807) is 25.3 Å². The van der Waals surface area contributed by atoms with E-state index < -0.39 is 0 Å². The normalized spacial score (nSPS) is 17.5. The summed E-state index contributed by atoms with van der Waals surface area (Å²) in [6, 6.07) is 15.6. The van der Waals surface area contributed by atoms with E-state index in [-0.39, 0.29) is 11.3 Å². The average molecular weight is 321 g/mol. The number of fused-ring (bicyclic) bond motifs is 1. The molecule has 0 radical (unpaired) electrons. The van der Waals surface area contributed by atoms with Crippen LogP contribution in [0.25, 0.3) is 5.70 Å². The van der Waals surface area contributed by atoms with Gasteiger partial charge >= 0.3 is 0 Å². The van der Waals surface area contributed by atoms with Crippen molar-refractivity contribution in [2.24, 2.45) is 0 Å². The highest BCUT2D eigenvalue weighted by Gasteiger charge is 2.33. The fraction of sp³-hybridized carbons (Fsp3) is 0.286. The Kier molecular flexibility index (Phi) is 4.18. The van der Waals surface area contributed by atoms with E-state index in [2.05, 4.69) is 44.0 Å². The van der Waals surface area contributed by atoms with Gasteiger partial charge in [0.05, 0.1) is 7.11 Å². The first kappa shape index (κ1) is 16.3. The number of benzene rings is 2. The first-order valence-electron chi connectivity index (χ1n) is 8.14. The van der Waals surface area contributed by atoms with Gasteiger partial charge in [0, 0.05) is 35.5 Å². The number of carbonyl (C=O) groups excluding carboxylic acids is 1. The lowest BCUT2D eigenvalue weighted by molar-refractivity contribution is 0.104. The number of methoxy groups -OCH3 is 1. The molecule has 24 heavy (non-hydrogen) atoms. The molecule has 0 atom stereocenters. The maximum Gasteiger partial charge on any atom is 0.187 e. The number of allylic oxidation sites excluding steroid dienone is 1. The van der Waals surface area contributed by atoms with Gasteiger partial charge < -0.3 is 9.64 Å². The number of ketones is 1. The summed E-state index contributed by atoms with van der Waals surface area (Å²) < 4.78 is 5.15. The summed E-state index contributed by atoms with van der Waals surface area (Å²) in [5.74, 6) is 0.757. The summed E-state index contributed by atoms with van der Waals surface area (Å²) in [5.41, 5.74) is 4.04. The molecule has 2 aromatic rings. The Labute approximate surface area is 143 Å². The topological polar surface area (TPSA) is 29.5 Å². The number of hydrogen-bond donors (Lipinski definition) is 0. The second kappa shape index (κ2) is 6.16. The third-order valence-electron chi connectivity index (χ3n) is 4.83. The van der Waals surface area contributed by atoms with Crippen LogP contribution >= 0.6 is 0 Å². The summed E-state index contributed by atoms with van der Waals surface area (Å²) in [6.45, 7) is 4.41. The Morgan fingerprint density at radius 1 is 1.12 bits per heavy atom. The predicted octanol–water partition coefficient (Wildman–Crippen LogP) is 4.19. The minimum atomic E-state index is -0.0274.